The molecule has 1 spiro atoms. The van der Waals surface area contributed by atoms with Gasteiger partial charge in [-0.2, -0.15) is 0 Å². The van der Waals surface area contributed by atoms with Crippen LogP contribution in [0.1, 0.15) is 50.9 Å². The molecule has 16 heavy (non-hydrogen) atoms. The van der Waals surface area contributed by atoms with Crippen molar-refractivity contribution in [1.82, 2.24) is 5.32 Å². The van der Waals surface area contributed by atoms with E-state index >= 15 is 0 Å². The first kappa shape index (κ1) is 10.4. The summed E-state index contributed by atoms with van der Waals surface area (Å²) < 4.78 is 5.78. The average molecular weight is 219 g/mol. The molecule has 0 bridgehead atoms. The molecule has 1 N–H and O–H groups in total. The maximum atomic E-state index is 5.78. The van der Waals surface area contributed by atoms with Gasteiger partial charge in [-0.05, 0) is 42.7 Å². The molecule has 1 atom stereocenters. The second-order valence-corrected chi connectivity index (χ2v) is 6.23. The summed E-state index contributed by atoms with van der Waals surface area (Å²) in [5.41, 5.74) is 2.00. The van der Waals surface area contributed by atoms with Gasteiger partial charge in [0, 0.05) is 6.54 Å². The minimum Gasteiger partial charge on any atom is -0.467 e. The standard InChI is InChI=1S/C14H21NO/c1-13(2)6-3-7-14(10-13)12-11(4-8-15-14)5-9-16-12/h5,9,15H,3-4,6-8,10H2,1-2H3. The predicted molar refractivity (Wildman–Crippen MR) is 64.3 cm³/mol. The number of furan rings is 1. The molecule has 2 heteroatoms. The van der Waals surface area contributed by atoms with Crippen LogP contribution < -0.4 is 5.32 Å². The van der Waals surface area contributed by atoms with Gasteiger partial charge < -0.3 is 9.73 Å². The first-order valence-corrected chi connectivity index (χ1v) is 6.43. The molecule has 0 radical (unpaired) electrons. The molecule has 88 valence electrons. The molecular formula is C14H21NO. The molecule has 0 amide bonds. The summed E-state index contributed by atoms with van der Waals surface area (Å²) in [6, 6.07) is 2.15. The Bertz CT molecular complexity index is 393. The molecule has 1 unspecified atom stereocenters. The van der Waals surface area contributed by atoms with Gasteiger partial charge in [-0.15, -0.1) is 0 Å². The fraction of sp³-hybridized carbons (Fsp3) is 0.714. The largest absolute Gasteiger partial charge is 0.467 e. The number of hydrogen-bond acceptors (Lipinski definition) is 2. The van der Waals surface area contributed by atoms with E-state index in [1.54, 1.807) is 0 Å². The zero-order chi connectivity index (χ0) is 11.2. The van der Waals surface area contributed by atoms with E-state index in [-0.39, 0.29) is 5.54 Å². The van der Waals surface area contributed by atoms with Crippen LogP contribution >= 0.6 is 0 Å². The fourth-order valence-corrected chi connectivity index (χ4v) is 3.68. The van der Waals surface area contributed by atoms with E-state index < -0.39 is 0 Å². The van der Waals surface area contributed by atoms with Crippen LogP contribution in [0.4, 0.5) is 0 Å². The smallest absolute Gasteiger partial charge is 0.127 e. The molecule has 1 saturated carbocycles. The van der Waals surface area contributed by atoms with E-state index in [9.17, 15) is 0 Å². The second-order valence-electron chi connectivity index (χ2n) is 6.23. The summed E-state index contributed by atoms with van der Waals surface area (Å²) in [5.74, 6) is 1.23. The summed E-state index contributed by atoms with van der Waals surface area (Å²) >= 11 is 0. The lowest BCUT2D eigenvalue weighted by Crippen LogP contribution is -2.51. The molecule has 1 aromatic heterocycles. The van der Waals surface area contributed by atoms with Gasteiger partial charge in [0.15, 0.2) is 0 Å². The first-order chi connectivity index (χ1) is 7.61. The van der Waals surface area contributed by atoms with Crippen molar-refractivity contribution in [3.05, 3.63) is 23.7 Å². The van der Waals surface area contributed by atoms with Crippen LogP contribution in [0.5, 0.6) is 0 Å². The minimum absolute atomic E-state index is 0.138. The highest BCUT2D eigenvalue weighted by Gasteiger charge is 2.45. The molecule has 1 fully saturated rings. The molecule has 3 rings (SSSR count). The summed E-state index contributed by atoms with van der Waals surface area (Å²) in [5, 5.41) is 3.74. The molecule has 2 heterocycles. The zero-order valence-corrected chi connectivity index (χ0v) is 10.3. The Hall–Kier alpha value is -0.760. The number of nitrogens with one attached hydrogen (secondary N) is 1. The van der Waals surface area contributed by atoms with E-state index in [1.165, 1.54) is 37.0 Å². The van der Waals surface area contributed by atoms with E-state index in [1.807, 2.05) is 6.26 Å². The van der Waals surface area contributed by atoms with Crippen molar-refractivity contribution in [1.29, 1.82) is 0 Å². The summed E-state index contributed by atoms with van der Waals surface area (Å²) in [6.45, 7) is 5.86. The highest BCUT2D eigenvalue weighted by Crippen LogP contribution is 2.48. The van der Waals surface area contributed by atoms with Gasteiger partial charge in [0.1, 0.15) is 5.76 Å². The molecule has 1 aliphatic heterocycles. The van der Waals surface area contributed by atoms with Crippen molar-refractivity contribution in [3.63, 3.8) is 0 Å². The number of hydrogen-bond donors (Lipinski definition) is 1. The Kier molecular flexibility index (Phi) is 2.19. The Morgan fingerprint density at radius 3 is 3.00 bits per heavy atom. The van der Waals surface area contributed by atoms with E-state index in [2.05, 4.69) is 25.2 Å². The topological polar surface area (TPSA) is 25.2 Å². The third-order valence-electron chi connectivity index (χ3n) is 4.28. The summed E-state index contributed by atoms with van der Waals surface area (Å²) in [6.07, 6.45) is 8.07. The SMILES string of the molecule is CC1(C)CCCC2(C1)NCCc1ccoc12. The van der Waals surface area contributed by atoms with Gasteiger partial charge >= 0.3 is 0 Å². The van der Waals surface area contributed by atoms with Crippen LogP contribution in [0.25, 0.3) is 0 Å². The maximum absolute atomic E-state index is 5.78. The predicted octanol–water partition coefficient (Wildman–Crippen LogP) is 3.22. The molecule has 2 aliphatic rings. The van der Waals surface area contributed by atoms with Gasteiger partial charge in [0.2, 0.25) is 0 Å². The summed E-state index contributed by atoms with van der Waals surface area (Å²) in [7, 11) is 0. The lowest BCUT2D eigenvalue weighted by atomic mass is 9.65. The molecule has 2 nitrogen and oxygen atoms in total. The highest BCUT2D eigenvalue weighted by atomic mass is 16.3. The van der Waals surface area contributed by atoms with Crippen molar-refractivity contribution < 1.29 is 4.42 Å². The lowest BCUT2D eigenvalue weighted by molar-refractivity contribution is 0.0925. The van der Waals surface area contributed by atoms with Crippen LogP contribution in [-0.2, 0) is 12.0 Å². The van der Waals surface area contributed by atoms with Crippen LogP contribution in [0, 0.1) is 5.41 Å². The monoisotopic (exact) mass is 219 g/mol. The van der Waals surface area contributed by atoms with Gasteiger partial charge in [-0.1, -0.05) is 20.3 Å². The first-order valence-electron chi connectivity index (χ1n) is 6.43. The Morgan fingerprint density at radius 1 is 1.31 bits per heavy atom. The van der Waals surface area contributed by atoms with E-state index in [4.69, 9.17) is 4.42 Å². The molecule has 0 aromatic carbocycles. The minimum atomic E-state index is 0.138. The Balaban J connectivity index is 2.00. The van der Waals surface area contributed by atoms with Crippen LogP contribution in [-0.4, -0.2) is 6.54 Å². The third-order valence-corrected chi connectivity index (χ3v) is 4.28. The van der Waals surface area contributed by atoms with Crippen molar-refractivity contribution >= 4 is 0 Å². The van der Waals surface area contributed by atoms with Crippen molar-refractivity contribution in [2.45, 2.75) is 51.5 Å². The molecule has 1 aromatic rings. The second kappa shape index (κ2) is 3.36. The van der Waals surface area contributed by atoms with Crippen LogP contribution in [0.15, 0.2) is 16.7 Å². The van der Waals surface area contributed by atoms with Gasteiger partial charge in [0.25, 0.3) is 0 Å². The van der Waals surface area contributed by atoms with E-state index in [0.717, 1.165) is 13.0 Å². The van der Waals surface area contributed by atoms with E-state index in [0.29, 0.717) is 5.41 Å². The number of fused-ring (bicyclic) bond motifs is 2. The van der Waals surface area contributed by atoms with Crippen LogP contribution in [0.3, 0.4) is 0 Å². The number of rotatable bonds is 0. The molecule has 1 aliphatic carbocycles. The van der Waals surface area contributed by atoms with Gasteiger partial charge in [0.05, 0.1) is 11.8 Å². The third kappa shape index (κ3) is 1.51. The van der Waals surface area contributed by atoms with Crippen molar-refractivity contribution in [3.8, 4) is 0 Å². The zero-order valence-electron chi connectivity index (χ0n) is 10.3. The van der Waals surface area contributed by atoms with Crippen molar-refractivity contribution in [2.24, 2.45) is 5.41 Å². The van der Waals surface area contributed by atoms with Crippen LogP contribution in [0.2, 0.25) is 0 Å². The lowest BCUT2D eigenvalue weighted by Gasteiger charge is -2.46. The summed E-state index contributed by atoms with van der Waals surface area (Å²) in [4.78, 5) is 0. The average Bonchev–Trinajstić information content (AvgIpc) is 2.65. The fourth-order valence-electron chi connectivity index (χ4n) is 3.68. The van der Waals surface area contributed by atoms with Crippen molar-refractivity contribution in [2.75, 3.05) is 6.54 Å². The molecular weight excluding hydrogens is 198 g/mol. The molecule has 0 saturated heterocycles. The Labute approximate surface area is 97.4 Å². The highest BCUT2D eigenvalue weighted by molar-refractivity contribution is 5.29. The maximum Gasteiger partial charge on any atom is 0.127 e. The van der Waals surface area contributed by atoms with Gasteiger partial charge in [-0.3, -0.25) is 0 Å². The quantitative estimate of drug-likeness (QED) is 0.724. The van der Waals surface area contributed by atoms with Gasteiger partial charge in [-0.25, -0.2) is 0 Å². The Morgan fingerprint density at radius 2 is 2.19 bits per heavy atom. The normalized spacial score (nSPS) is 32.6.